The minimum absolute atomic E-state index is 0.0348. The highest BCUT2D eigenvalue weighted by atomic mass is 16.4. The van der Waals surface area contributed by atoms with E-state index in [1.807, 2.05) is 24.2 Å². The van der Waals surface area contributed by atoms with Crippen molar-refractivity contribution < 1.29 is 9.21 Å². The van der Waals surface area contributed by atoms with Crippen LogP contribution in [-0.4, -0.2) is 49.0 Å². The molecule has 1 N–H and O–H groups in total. The van der Waals surface area contributed by atoms with E-state index < -0.39 is 11.5 Å². The average Bonchev–Trinajstić information content (AvgIpc) is 2.49. The number of hydrogen-bond acceptors (Lipinski definition) is 5. The minimum atomic E-state index is -0.611. The molecule has 1 fully saturated rings. The Morgan fingerprint density at radius 2 is 1.90 bits per heavy atom. The first kappa shape index (κ1) is 13.8. The average molecular weight is 287 g/mol. The van der Waals surface area contributed by atoms with Crippen LogP contribution in [0.15, 0.2) is 39.5 Å². The Labute approximate surface area is 121 Å². The van der Waals surface area contributed by atoms with Crippen molar-refractivity contribution in [3.05, 3.63) is 46.3 Å². The molecule has 6 heteroatoms. The van der Waals surface area contributed by atoms with Crippen LogP contribution in [0.1, 0.15) is 10.4 Å². The van der Waals surface area contributed by atoms with E-state index in [9.17, 15) is 9.59 Å². The maximum atomic E-state index is 12.2. The van der Waals surface area contributed by atoms with Crippen molar-refractivity contribution in [1.82, 2.24) is 15.3 Å². The predicted octanol–water partition coefficient (Wildman–Crippen LogP) is 0.685. The molecule has 0 bridgehead atoms. The predicted molar refractivity (Wildman–Crippen MR) is 79.0 cm³/mol. The molecule has 1 aromatic carbocycles. The van der Waals surface area contributed by atoms with Crippen LogP contribution < -0.4 is 11.1 Å². The van der Waals surface area contributed by atoms with E-state index in [-0.39, 0.29) is 5.56 Å². The summed E-state index contributed by atoms with van der Waals surface area (Å²) in [4.78, 5) is 26.3. The molecule has 2 heterocycles. The highest BCUT2D eigenvalue weighted by molar-refractivity contribution is 5.96. The summed E-state index contributed by atoms with van der Waals surface area (Å²) in [5.74, 6) is -0.418. The van der Waals surface area contributed by atoms with Crippen LogP contribution in [0.4, 0.5) is 0 Å². The van der Waals surface area contributed by atoms with Crippen molar-refractivity contribution in [2.24, 2.45) is 0 Å². The fourth-order valence-corrected chi connectivity index (χ4v) is 2.34. The molecule has 3 rings (SSSR count). The van der Waals surface area contributed by atoms with Crippen molar-refractivity contribution in [2.45, 2.75) is 0 Å². The largest absolute Gasteiger partial charge is 0.422 e. The zero-order valence-electron chi connectivity index (χ0n) is 11.8. The summed E-state index contributed by atoms with van der Waals surface area (Å²) in [7, 11) is 2.04. The van der Waals surface area contributed by atoms with Gasteiger partial charge < -0.3 is 9.32 Å². The third kappa shape index (κ3) is 2.96. The van der Waals surface area contributed by atoms with E-state index in [4.69, 9.17) is 4.42 Å². The van der Waals surface area contributed by atoms with Gasteiger partial charge in [-0.3, -0.25) is 10.2 Å². The maximum Gasteiger partial charge on any atom is 0.349 e. The molecule has 1 aliphatic heterocycles. The summed E-state index contributed by atoms with van der Waals surface area (Å²) in [6, 6.07) is 8.72. The lowest BCUT2D eigenvalue weighted by Crippen LogP contribution is -2.53. The van der Waals surface area contributed by atoms with E-state index in [1.54, 1.807) is 18.2 Å². The first-order valence-corrected chi connectivity index (χ1v) is 6.91. The smallest absolute Gasteiger partial charge is 0.349 e. The molecule has 110 valence electrons. The number of nitrogens with zero attached hydrogens (tertiary/aromatic N) is 2. The third-order valence-corrected chi connectivity index (χ3v) is 3.65. The van der Waals surface area contributed by atoms with Crippen molar-refractivity contribution in [2.75, 3.05) is 33.2 Å². The molecular formula is C15H17N3O3. The lowest BCUT2D eigenvalue weighted by atomic mass is 10.2. The highest BCUT2D eigenvalue weighted by Gasteiger charge is 2.19. The first-order chi connectivity index (χ1) is 10.1. The lowest BCUT2D eigenvalue weighted by Gasteiger charge is -2.32. The summed E-state index contributed by atoms with van der Waals surface area (Å²) in [5, 5.41) is 2.57. The topological polar surface area (TPSA) is 65.8 Å². The Balaban J connectivity index is 1.81. The van der Waals surface area contributed by atoms with Crippen LogP contribution in [0.25, 0.3) is 11.0 Å². The highest BCUT2D eigenvalue weighted by Crippen LogP contribution is 2.12. The van der Waals surface area contributed by atoms with Gasteiger partial charge in [-0.1, -0.05) is 18.2 Å². The van der Waals surface area contributed by atoms with Crippen LogP contribution in [0.5, 0.6) is 0 Å². The van der Waals surface area contributed by atoms with E-state index >= 15 is 0 Å². The zero-order chi connectivity index (χ0) is 14.8. The maximum absolute atomic E-state index is 12.2. The number of carbonyl (C=O) groups excluding carboxylic acids is 1. The normalized spacial score (nSPS) is 17.0. The van der Waals surface area contributed by atoms with Gasteiger partial charge >= 0.3 is 5.63 Å². The Morgan fingerprint density at radius 3 is 2.67 bits per heavy atom. The molecule has 0 atom stereocenters. The molecule has 21 heavy (non-hydrogen) atoms. The van der Waals surface area contributed by atoms with Gasteiger partial charge in [0, 0.05) is 31.6 Å². The van der Waals surface area contributed by atoms with Crippen LogP contribution in [-0.2, 0) is 0 Å². The van der Waals surface area contributed by atoms with E-state index in [0.717, 1.165) is 31.6 Å². The molecule has 0 saturated carbocycles. The Kier molecular flexibility index (Phi) is 3.72. The molecular weight excluding hydrogens is 270 g/mol. The van der Waals surface area contributed by atoms with E-state index in [0.29, 0.717) is 5.58 Å². The Hall–Kier alpha value is -2.18. The van der Waals surface area contributed by atoms with Crippen molar-refractivity contribution >= 4 is 16.9 Å². The van der Waals surface area contributed by atoms with Crippen molar-refractivity contribution in [3.8, 4) is 0 Å². The molecule has 0 aliphatic carbocycles. The summed E-state index contributed by atoms with van der Waals surface area (Å²) in [6.07, 6.45) is 0. The van der Waals surface area contributed by atoms with Crippen LogP contribution >= 0.6 is 0 Å². The number of piperazine rings is 1. The number of hydrogen-bond donors (Lipinski definition) is 1. The molecule has 0 unspecified atom stereocenters. The number of para-hydroxylation sites is 1. The molecule has 1 saturated heterocycles. The number of amides is 1. The first-order valence-electron chi connectivity index (χ1n) is 6.91. The number of nitrogens with one attached hydrogen (secondary N) is 1. The molecule has 2 aromatic rings. The quantitative estimate of drug-likeness (QED) is 0.823. The van der Waals surface area contributed by atoms with Crippen LogP contribution in [0.2, 0.25) is 0 Å². The fourth-order valence-electron chi connectivity index (χ4n) is 2.34. The standard InChI is InChI=1S/C15H17N3O3/c1-17-6-8-18(9-7-17)16-14(19)12-10-11-4-2-3-5-13(11)21-15(12)20/h2-5,10H,6-9H2,1H3,(H,16,19). The van der Waals surface area contributed by atoms with Gasteiger partial charge in [0.2, 0.25) is 0 Å². The zero-order valence-corrected chi connectivity index (χ0v) is 11.8. The summed E-state index contributed by atoms with van der Waals surface area (Å²) in [6.45, 7) is 3.24. The van der Waals surface area contributed by atoms with Gasteiger partial charge in [-0.05, 0) is 19.2 Å². The van der Waals surface area contributed by atoms with Gasteiger partial charge in [0.1, 0.15) is 11.1 Å². The van der Waals surface area contributed by atoms with Crippen molar-refractivity contribution in [1.29, 1.82) is 0 Å². The molecule has 0 radical (unpaired) electrons. The second kappa shape index (κ2) is 5.67. The van der Waals surface area contributed by atoms with Crippen LogP contribution in [0.3, 0.4) is 0 Å². The third-order valence-electron chi connectivity index (χ3n) is 3.65. The molecule has 0 spiro atoms. The van der Waals surface area contributed by atoms with E-state index in [2.05, 4.69) is 10.3 Å². The van der Waals surface area contributed by atoms with Gasteiger partial charge in [0.15, 0.2) is 0 Å². The van der Waals surface area contributed by atoms with Gasteiger partial charge in [-0.2, -0.15) is 0 Å². The van der Waals surface area contributed by atoms with Gasteiger partial charge in [0.25, 0.3) is 5.91 Å². The molecule has 1 aromatic heterocycles. The second-order valence-corrected chi connectivity index (χ2v) is 5.22. The Bertz CT molecular complexity index is 717. The number of rotatable bonds is 2. The summed E-state index contributed by atoms with van der Waals surface area (Å²) >= 11 is 0. The Morgan fingerprint density at radius 1 is 1.19 bits per heavy atom. The van der Waals surface area contributed by atoms with E-state index in [1.165, 1.54) is 0 Å². The van der Waals surface area contributed by atoms with Gasteiger partial charge in [-0.25, -0.2) is 9.80 Å². The van der Waals surface area contributed by atoms with Crippen LogP contribution in [0, 0.1) is 0 Å². The number of fused-ring (bicyclic) bond motifs is 1. The number of carbonyl (C=O) groups is 1. The second-order valence-electron chi connectivity index (χ2n) is 5.22. The number of benzene rings is 1. The lowest BCUT2D eigenvalue weighted by molar-refractivity contribution is 0.0659. The van der Waals surface area contributed by atoms with Crippen molar-refractivity contribution in [3.63, 3.8) is 0 Å². The van der Waals surface area contributed by atoms with Gasteiger partial charge in [0.05, 0.1) is 0 Å². The molecule has 1 aliphatic rings. The number of hydrazine groups is 1. The summed E-state index contributed by atoms with van der Waals surface area (Å²) in [5.41, 5.74) is 2.68. The fraction of sp³-hybridized carbons (Fsp3) is 0.333. The molecule has 6 nitrogen and oxygen atoms in total. The minimum Gasteiger partial charge on any atom is -0.422 e. The SMILES string of the molecule is CN1CCN(NC(=O)c2cc3ccccc3oc2=O)CC1. The molecule has 1 amide bonds. The number of likely N-dealkylation sites (N-methyl/N-ethyl adjacent to an activating group) is 1. The monoisotopic (exact) mass is 287 g/mol. The van der Waals surface area contributed by atoms with Gasteiger partial charge in [-0.15, -0.1) is 0 Å². The summed E-state index contributed by atoms with van der Waals surface area (Å²) < 4.78 is 5.18.